The number of ether oxygens (including phenoxy) is 4. The molecule has 42 heavy (non-hydrogen) atoms. The van der Waals surface area contributed by atoms with E-state index in [1.54, 1.807) is 69.3 Å². The van der Waals surface area contributed by atoms with Gasteiger partial charge in [-0.05, 0) is 61.7 Å². The Kier molecular flexibility index (Phi) is 10.9. The molecule has 3 aromatic rings. The Morgan fingerprint density at radius 2 is 1.50 bits per heavy atom. The lowest BCUT2D eigenvalue weighted by Gasteiger charge is -2.22. The first-order chi connectivity index (χ1) is 19.9. The molecule has 0 spiro atoms. The van der Waals surface area contributed by atoms with E-state index < -0.39 is 41.8 Å². The van der Waals surface area contributed by atoms with Crippen LogP contribution in [0.1, 0.15) is 43.5 Å². The highest BCUT2D eigenvalue weighted by atomic mass is 16.6. The van der Waals surface area contributed by atoms with Gasteiger partial charge in [-0.2, -0.15) is 0 Å². The summed E-state index contributed by atoms with van der Waals surface area (Å²) >= 11 is 0. The summed E-state index contributed by atoms with van der Waals surface area (Å²) in [5.41, 5.74) is 1.08. The number of hydrogen-bond donors (Lipinski definition) is 3. The third-order valence-corrected chi connectivity index (χ3v) is 5.69. The number of alkyl carbamates (subject to hydrolysis) is 2. The summed E-state index contributed by atoms with van der Waals surface area (Å²) < 4.78 is 21.2. The SMILES string of the molecule is COC(=O)[C@H](NC(=O)OCc1ccccc1)c1cccc(Oc2ccc(C[C@@H](NC(=O)OC(C)(C)C)C(=O)O)cc2)c1. The van der Waals surface area contributed by atoms with E-state index in [1.807, 2.05) is 30.3 Å². The predicted molar refractivity (Wildman–Crippen MR) is 152 cm³/mol. The van der Waals surface area contributed by atoms with Crippen LogP contribution in [0.3, 0.4) is 0 Å². The van der Waals surface area contributed by atoms with Gasteiger partial charge in [0.2, 0.25) is 0 Å². The number of hydrogen-bond acceptors (Lipinski definition) is 8. The van der Waals surface area contributed by atoms with Crippen molar-refractivity contribution in [1.29, 1.82) is 0 Å². The van der Waals surface area contributed by atoms with Gasteiger partial charge >= 0.3 is 24.1 Å². The third-order valence-electron chi connectivity index (χ3n) is 5.69. The molecular weight excluding hydrogens is 544 g/mol. The topological polar surface area (TPSA) is 149 Å². The maximum Gasteiger partial charge on any atom is 0.408 e. The summed E-state index contributed by atoms with van der Waals surface area (Å²) in [6.07, 6.45) is -1.59. The lowest BCUT2D eigenvalue weighted by molar-refractivity contribution is -0.143. The van der Waals surface area contributed by atoms with Crippen LogP contribution in [0, 0.1) is 0 Å². The number of amides is 2. The van der Waals surface area contributed by atoms with Crippen molar-refractivity contribution in [3.05, 3.63) is 95.6 Å². The van der Waals surface area contributed by atoms with Crippen LogP contribution < -0.4 is 15.4 Å². The molecule has 0 saturated heterocycles. The van der Waals surface area contributed by atoms with Crippen molar-refractivity contribution in [2.24, 2.45) is 0 Å². The number of carboxylic acid groups (broad SMARTS) is 1. The molecule has 0 saturated carbocycles. The van der Waals surface area contributed by atoms with E-state index in [0.717, 1.165) is 5.56 Å². The molecule has 0 radical (unpaired) electrons. The molecule has 0 unspecified atom stereocenters. The van der Waals surface area contributed by atoms with E-state index in [1.165, 1.54) is 7.11 Å². The van der Waals surface area contributed by atoms with Crippen molar-refractivity contribution < 1.29 is 43.2 Å². The lowest BCUT2D eigenvalue weighted by Crippen LogP contribution is -2.44. The number of aliphatic carboxylic acids is 1. The molecule has 0 heterocycles. The van der Waals surface area contributed by atoms with Gasteiger partial charge in [0.25, 0.3) is 0 Å². The van der Waals surface area contributed by atoms with E-state index in [9.17, 15) is 24.3 Å². The van der Waals surface area contributed by atoms with Crippen LogP contribution in [0.4, 0.5) is 9.59 Å². The smallest absolute Gasteiger partial charge is 0.408 e. The minimum Gasteiger partial charge on any atom is -0.480 e. The van der Waals surface area contributed by atoms with Crippen LogP contribution in [-0.4, -0.2) is 48.0 Å². The Morgan fingerprint density at radius 1 is 0.810 bits per heavy atom. The highest BCUT2D eigenvalue weighted by molar-refractivity contribution is 5.83. The summed E-state index contributed by atoms with van der Waals surface area (Å²) in [7, 11) is 1.21. The van der Waals surface area contributed by atoms with Crippen molar-refractivity contribution in [3.63, 3.8) is 0 Å². The molecule has 3 N–H and O–H groups in total. The van der Waals surface area contributed by atoms with Gasteiger partial charge in [-0.1, -0.05) is 54.6 Å². The van der Waals surface area contributed by atoms with Gasteiger partial charge in [0.15, 0.2) is 6.04 Å². The maximum absolute atomic E-state index is 12.5. The van der Waals surface area contributed by atoms with Gasteiger partial charge < -0.3 is 34.7 Å². The standard InChI is InChI=1S/C31H34N2O9/c1-31(2,3)42-30(38)32-25(27(34)35)17-20-13-15-23(16-14-20)41-24-12-8-11-22(18-24)26(28(36)39-4)33-29(37)40-19-21-9-6-5-7-10-21/h5-16,18,25-26H,17,19H2,1-4H3,(H,32,38)(H,33,37)(H,34,35)/t25-,26-/m1/s1. The molecule has 3 rings (SSSR count). The molecule has 2 amide bonds. The molecule has 222 valence electrons. The van der Waals surface area contributed by atoms with Gasteiger partial charge in [-0.15, -0.1) is 0 Å². The molecule has 0 aliphatic carbocycles. The summed E-state index contributed by atoms with van der Waals surface area (Å²) in [6, 6.07) is 20.0. The minimum atomic E-state index is -1.20. The molecule has 0 aliphatic rings. The summed E-state index contributed by atoms with van der Waals surface area (Å²) in [5, 5.41) is 14.4. The number of carbonyl (C=O) groups excluding carboxylic acids is 3. The second-order valence-electron chi connectivity index (χ2n) is 10.2. The first-order valence-corrected chi connectivity index (χ1v) is 13.1. The summed E-state index contributed by atoms with van der Waals surface area (Å²) in [6.45, 7) is 5.09. The number of carboxylic acids is 1. The van der Waals surface area contributed by atoms with E-state index in [2.05, 4.69) is 10.6 Å². The molecular formula is C31H34N2O9. The monoisotopic (exact) mass is 578 g/mol. The average Bonchev–Trinajstić information content (AvgIpc) is 2.94. The number of nitrogens with one attached hydrogen (secondary N) is 2. The normalized spacial score (nSPS) is 12.3. The number of rotatable bonds is 11. The Labute approximate surface area is 243 Å². The van der Waals surface area contributed by atoms with Crippen LogP contribution in [0.25, 0.3) is 0 Å². The van der Waals surface area contributed by atoms with Gasteiger partial charge in [-0.25, -0.2) is 19.2 Å². The number of esters is 1. The molecule has 11 heteroatoms. The van der Waals surface area contributed by atoms with E-state index in [0.29, 0.717) is 22.6 Å². The van der Waals surface area contributed by atoms with Crippen LogP contribution in [0.5, 0.6) is 11.5 Å². The fourth-order valence-corrected chi connectivity index (χ4v) is 3.75. The zero-order valence-electron chi connectivity index (χ0n) is 23.8. The first-order valence-electron chi connectivity index (χ1n) is 13.1. The zero-order chi connectivity index (χ0) is 30.7. The van der Waals surface area contributed by atoms with E-state index in [4.69, 9.17) is 18.9 Å². The molecule has 0 fully saturated rings. The summed E-state index contributed by atoms with van der Waals surface area (Å²) in [4.78, 5) is 48.6. The van der Waals surface area contributed by atoms with Crippen molar-refractivity contribution in [2.45, 2.75) is 51.5 Å². The zero-order valence-corrected chi connectivity index (χ0v) is 23.8. The summed E-state index contributed by atoms with van der Waals surface area (Å²) in [5.74, 6) is -1.08. The maximum atomic E-state index is 12.5. The Hall–Kier alpha value is -5.06. The van der Waals surface area contributed by atoms with Crippen LogP contribution in [0.2, 0.25) is 0 Å². The van der Waals surface area contributed by atoms with E-state index >= 15 is 0 Å². The highest BCUT2D eigenvalue weighted by Crippen LogP contribution is 2.26. The van der Waals surface area contributed by atoms with Crippen LogP contribution in [0.15, 0.2) is 78.9 Å². The first kappa shape index (κ1) is 31.5. The second kappa shape index (κ2) is 14.5. The number of methoxy groups -OCH3 is 1. The van der Waals surface area contributed by atoms with Gasteiger partial charge in [0.05, 0.1) is 7.11 Å². The van der Waals surface area contributed by atoms with Crippen LogP contribution >= 0.6 is 0 Å². The molecule has 0 bridgehead atoms. The van der Waals surface area contributed by atoms with Gasteiger partial charge in [0, 0.05) is 6.42 Å². The molecule has 2 atom stereocenters. The lowest BCUT2D eigenvalue weighted by atomic mass is 10.1. The Bertz CT molecular complexity index is 1370. The van der Waals surface area contributed by atoms with Crippen LogP contribution in [-0.2, 0) is 36.8 Å². The molecule has 11 nitrogen and oxygen atoms in total. The number of carbonyl (C=O) groups is 4. The molecule has 0 aromatic heterocycles. The van der Waals surface area contributed by atoms with Crippen molar-refractivity contribution >= 4 is 24.1 Å². The predicted octanol–water partition coefficient (Wildman–Crippen LogP) is 5.14. The Balaban J connectivity index is 1.65. The fourth-order valence-electron chi connectivity index (χ4n) is 3.75. The van der Waals surface area contributed by atoms with Crippen molar-refractivity contribution in [2.75, 3.05) is 7.11 Å². The van der Waals surface area contributed by atoms with Crippen molar-refractivity contribution in [3.8, 4) is 11.5 Å². The van der Waals surface area contributed by atoms with E-state index in [-0.39, 0.29) is 13.0 Å². The quantitative estimate of drug-likeness (QED) is 0.208. The molecule has 3 aromatic carbocycles. The minimum absolute atomic E-state index is 0.0250. The number of benzene rings is 3. The van der Waals surface area contributed by atoms with Crippen molar-refractivity contribution in [1.82, 2.24) is 10.6 Å². The highest BCUT2D eigenvalue weighted by Gasteiger charge is 2.26. The van der Waals surface area contributed by atoms with Gasteiger partial charge in [-0.3, -0.25) is 0 Å². The largest absolute Gasteiger partial charge is 0.480 e. The fraction of sp³-hybridized carbons (Fsp3) is 0.290. The average molecular weight is 579 g/mol. The third kappa shape index (κ3) is 10.2. The Morgan fingerprint density at radius 3 is 2.12 bits per heavy atom. The second-order valence-corrected chi connectivity index (χ2v) is 10.2. The molecule has 0 aliphatic heterocycles. The van der Waals surface area contributed by atoms with Gasteiger partial charge in [0.1, 0.15) is 29.7 Å².